The number of anilines is 1. The van der Waals surface area contributed by atoms with E-state index in [4.69, 9.17) is 5.73 Å². The number of hydrogen-bond acceptors (Lipinski definition) is 2. The van der Waals surface area contributed by atoms with Gasteiger partial charge < -0.3 is 5.73 Å². The Labute approximate surface area is 85.4 Å². The molecule has 15 heavy (non-hydrogen) atoms. The summed E-state index contributed by atoms with van der Waals surface area (Å²) < 4.78 is 26.9. The molecule has 1 heterocycles. The fraction of sp³-hybridized carbons (Fsp3) is 0. The summed E-state index contributed by atoms with van der Waals surface area (Å²) in [6, 6.07) is 7.18. The fourth-order valence-corrected chi connectivity index (χ4v) is 1.31. The number of rotatable bonds is 1. The van der Waals surface area contributed by atoms with Gasteiger partial charge in [0.15, 0.2) is 5.82 Å². The van der Waals surface area contributed by atoms with Crippen molar-refractivity contribution in [3.05, 3.63) is 48.2 Å². The van der Waals surface area contributed by atoms with Crippen LogP contribution >= 0.6 is 0 Å². The van der Waals surface area contributed by atoms with Crippen LogP contribution in [0.2, 0.25) is 0 Å². The van der Waals surface area contributed by atoms with Crippen molar-refractivity contribution in [2.24, 2.45) is 0 Å². The number of nitrogens with two attached hydrogens (primary N) is 1. The van der Waals surface area contributed by atoms with E-state index in [-0.39, 0.29) is 16.9 Å². The van der Waals surface area contributed by atoms with Crippen LogP contribution in [0.4, 0.5) is 14.5 Å². The molecule has 2 aromatic rings. The SMILES string of the molecule is Nc1ccc(F)c(-c2ccccn2)c1F. The van der Waals surface area contributed by atoms with Crippen molar-refractivity contribution in [3.8, 4) is 11.3 Å². The molecule has 0 bridgehead atoms. The molecule has 0 spiro atoms. The molecule has 1 aromatic heterocycles. The van der Waals surface area contributed by atoms with Crippen molar-refractivity contribution >= 4 is 5.69 Å². The Balaban J connectivity index is 2.68. The van der Waals surface area contributed by atoms with Crippen LogP contribution in [0.25, 0.3) is 11.3 Å². The Morgan fingerprint density at radius 2 is 1.87 bits per heavy atom. The third kappa shape index (κ3) is 1.66. The summed E-state index contributed by atoms with van der Waals surface area (Å²) in [5.74, 6) is -1.44. The molecule has 1 aromatic carbocycles. The highest BCUT2D eigenvalue weighted by molar-refractivity contribution is 5.65. The second-order valence-corrected chi connectivity index (χ2v) is 3.04. The minimum Gasteiger partial charge on any atom is -0.396 e. The Bertz CT molecular complexity index is 483. The lowest BCUT2D eigenvalue weighted by atomic mass is 10.1. The van der Waals surface area contributed by atoms with Gasteiger partial charge in [-0.2, -0.15) is 0 Å². The molecule has 0 aliphatic heterocycles. The first kappa shape index (κ1) is 9.58. The van der Waals surface area contributed by atoms with Crippen molar-refractivity contribution in [1.29, 1.82) is 0 Å². The van der Waals surface area contributed by atoms with Gasteiger partial charge in [-0.1, -0.05) is 6.07 Å². The second kappa shape index (κ2) is 3.65. The van der Waals surface area contributed by atoms with Crippen LogP contribution in [0.5, 0.6) is 0 Å². The van der Waals surface area contributed by atoms with Gasteiger partial charge in [0.05, 0.1) is 16.9 Å². The molecule has 0 saturated carbocycles. The summed E-state index contributed by atoms with van der Waals surface area (Å²) >= 11 is 0. The average Bonchev–Trinajstić information content (AvgIpc) is 2.26. The molecular formula is C11H8F2N2. The molecule has 76 valence electrons. The van der Waals surface area contributed by atoms with Gasteiger partial charge in [-0.25, -0.2) is 8.78 Å². The molecule has 2 rings (SSSR count). The van der Waals surface area contributed by atoms with Crippen LogP contribution in [0, 0.1) is 11.6 Å². The van der Waals surface area contributed by atoms with Crippen LogP contribution in [-0.2, 0) is 0 Å². The molecule has 0 saturated heterocycles. The first-order valence-corrected chi connectivity index (χ1v) is 4.35. The maximum atomic E-state index is 13.5. The molecule has 0 radical (unpaired) electrons. The van der Waals surface area contributed by atoms with Gasteiger partial charge in [-0.15, -0.1) is 0 Å². The normalized spacial score (nSPS) is 10.3. The van der Waals surface area contributed by atoms with Gasteiger partial charge in [-0.3, -0.25) is 4.98 Å². The predicted octanol–water partition coefficient (Wildman–Crippen LogP) is 2.61. The molecule has 0 fully saturated rings. The van der Waals surface area contributed by atoms with E-state index in [0.717, 1.165) is 6.07 Å². The van der Waals surface area contributed by atoms with Crippen molar-refractivity contribution in [3.63, 3.8) is 0 Å². The molecule has 0 unspecified atom stereocenters. The van der Waals surface area contributed by atoms with E-state index in [1.165, 1.54) is 18.3 Å². The van der Waals surface area contributed by atoms with Gasteiger partial charge >= 0.3 is 0 Å². The van der Waals surface area contributed by atoms with Crippen molar-refractivity contribution in [2.75, 3.05) is 5.73 Å². The summed E-state index contributed by atoms with van der Waals surface area (Å²) in [6.07, 6.45) is 1.47. The summed E-state index contributed by atoms with van der Waals surface area (Å²) in [5.41, 5.74) is 5.32. The maximum Gasteiger partial charge on any atom is 0.158 e. The van der Waals surface area contributed by atoms with Crippen LogP contribution in [0.1, 0.15) is 0 Å². The van der Waals surface area contributed by atoms with E-state index < -0.39 is 11.6 Å². The minimum absolute atomic E-state index is 0.0861. The van der Waals surface area contributed by atoms with Crippen molar-refractivity contribution in [1.82, 2.24) is 4.98 Å². The highest BCUT2D eigenvalue weighted by Crippen LogP contribution is 2.27. The Hall–Kier alpha value is -1.97. The third-order valence-corrected chi connectivity index (χ3v) is 2.04. The molecule has 4 heteroatoms. The number of halogens is 2. The highest BCUT2D eigenvalue weighted by Gasteiger charge is 2.14. The topological polar surface area (TPSA) is 38.9 Å². The number of hydrogen-bond donors (Lipinski definition) is 1. The Morgan fingerprint density at radius 1 is 1.07 bits per heavy atom. The molecule has 0 aliphatic rings. The Morgan fingerprint density at radius 3 is 2.53 bits per heavy atom. The van der Waals surface area contributed by atoms with Crippen LogP contribution < -0.4 is 5.73 Å². The predicted molar refractivity (Wildman–Crippen MR) is 54.0 cm³/mol. The lowest BCUT2D eigenvalue weighted by molar-refractivity contribution is 0.591. The smallest absolute Gasteiger partial charge is 0.158 e. The zero-order valence-corrected chi connectivity index (χ0v) is 7.74. The lowest BCUT2D eigenvalue weighted by Gasteiger charge is -2.05. The minimum atomic E-state index is -0.770. The highest BCUT2D eigenvalue weighted by atomic mass is 19.1. The van der Waals surface area contributed by atoms with Gasteiger partial charge in [0.1, 0.15) is 5.82 Å². The molecule has 2 N–H and O–H groups in total. The van der Waals surface area contributed by atoms with E-state index in [1.54, 1.807) is 12.1 Å². The zero-order chi connectivity index (χ0) is 10.8. The number of nitrogens with zero attached hydrogens (tertiary/aromatic N) is 1. The summed E-state index contributed by atoms with van der Waals surface area (Å²) in [7, 11) is 0. The van der Waals surface area contributed by atoms with E-state index in [1.807, 2.05) is 0 Å². The number of benzene rings is 1. The van der Waals surface area contributed by atoms with Crippen LogP contribution in [0.15, 0.2) is 36.5 Å². The van der Waals surface area contributed by atoms with Crippen molar-refractivity contribution < 1.29 is 8.78 Å². The summed E-state index contributed by atoms with van der Waals surface area (Å²) in [4.78, 5) is 3.88. The van der Waals surface area contributed by atoms with Gasteiger partial charge in [0, 0.05) is 6.20 Å². The first-order chi connectivity index (χ1) is 7.20. The fourth-order valence-electron chi connectivity index (χ4n) is 1.31. The standard InChI is InChI=1S/C11H8F2N2/c12-7-4-5-8(14)11(13)10(7)9-3-1-2-6-15-9/h1-6H,14H2. The molecule has 0 aliphatic carbocycles. The van der Waals surface area contributed by atoms with Gasteiger partial charge in [0.2, 0.25) is 0 Å². The molecule has 0 amide bonds. The third-order valence-electron chi connectivity index (χ3n) is 2.04. The van der Waals surface area contributed by atoms with Gasteiger partial charge in [-0.05, 0) is 24.3 Å². The number of nitrogen functional groups attached to an aromatic ring is 1. The first-order valence-electron chi connectivity index (χ1n) is 4.35. The number of pyridine rings is 1. The average molecular weight is 206 g/mol. The van der Waals surface area contributed by atoms with E-state index >= 15 is 0 Å². The maximum absolute atomic E-state index is 13.5. The molecule has 2 nitrogen and oxygen atoms in total. The van der Waals surface area contributed by atoms with Crippen molar-refractivity contribution in [2.45, 2.75) is 0 Å². The van der Waals surface area contributed by atoms with E-state index in [9.17, 15) is 8.78 Å². The summed E-state index contributed by atoms with van der Waals surface area (Å²) in [6.45, 7) is 0. The molecular weight excluding hydrogens is 198 g/mol. The second-order valence-electron chi connectivity index (χ2n) is 3.04. The quantitative estimate of drug-likeness (QED) is 0.728. The van der Waals surface area contributed by atoms with E-state index in [2.05, 4.69) is 4.98 Å². The van der Waals surface area contributed by atoms with E-state index in [0.29, 0.717) is 0 Å². The van der Waals surface area contributed by atoms with Crippen LogP contribution in [-0.4, -0.2) is 4.98 Å². The largest absolute Gasteiger partial charge is 0.396 e. The zero-order valence-electron chi connectivity index (χ0n) is 7.74. The van der Waals surface area contributed by atoms with Gasteiger partial charge in [0.25, 0.3) is 0 Å². The number of aromatic nitrogens is 1. The monoisotopic (exact) mass is 206 g/mol. The molecule has 0 atom stereocenters. The Kier molecular flexibility index (Phi) is 2.33. The lowest BCUT2D eigenvalue weighted by Crippen LogP contribution is -1.97. The summed E-state index contributed by atoms with van der Waals surface area (Å²) in [5, 5.41) is 0. The van der Waals surface area contributed by atoms with Crippen LogP contribution in [0.3, 0.4) is 0 Å².